The number of rotatable bonds is 8. The SMILES string of the molecule is CN=C(NCCCCN(C)c1ccccc1)NCc1nc(C(F)(F)F)cs1. The minimum Gasteiger partial charge on any atom is -0.375 e. The van der Waals surface area contributed by atoms with E-state index in [9.17, 15) is 13.2 Å². The molecule has 0 amide bonds. The number of guanidine groups is 1. The van der Waals surface area contributed by atoms with Crippen LogP contribution in [0.3, 0.4) is 0 Å². The number of alkyl halides is 3. The van der Waals surface area contributed by atoms with Crippen LogP contribution in [0.2, 0.25) is 0 Å². The highest BCUT2D eigenvalue weighted by Gasteiger charge is 2.33. The lowest BCUT2D eigenvalue weighted by Crippen LogP contribution is -2.37. The van der Waals surface area contributed by atoms with Gasteiger partial charge in [-0.25, -0.2) is 4.98 Å². The summed E-state index contributed by atoms with van der Waals surface area (Å²) in [5.41, 5.74) is 0.333. The van der Waals surface area contributed by atoms with Crippen molar-refractivity contribution >= 4 is 23.0 Å². The number of nitrogens with one attached hydrogen (secondary N) is 2. The quantitative estimate of drug-likeness (QED) is 0.403. The van der Waals surface area contributed by atoms with Gasteiger partial charge >= 0.3 is 6.18 Å². The van der Waals surface area contributed by atoms with Crippen LogP contribution in [0.1, 0.15) is 23.5 Å². The molecular weight excluding hydrogens is 375 g/mol. The molecule has 0 fully saturated rings. The maximum Gasteiger partial charge on any atom is 0.434 e. The highest BCUT2D eigenvalue weighted by Crippen LogP contribution is 2.29. The summed E-state index contributed by atoms with van der Waals surface area (Å²) in [4.78, 5) is 9.87. The molecule has 1 aromatic heterocycles. The third-order valence-electron chi connectivity index (χ3n) is 3.88. The molecule has 0 aliphatic carbocycles. The third kappa shape index (κ3) is 7.09. The molecule has 27 heavy (non-hydrogen) atoms. The number of aliphatic imine (C=N–C) groups is 1. The second kappa shape index (κ2) is 10.1. The molecule has 0 spiro atoms. The average Bonchev–Trinajstić information content (AvgIpc) is 3.14. The van der Waals surface area contributed by atoms with Crippen molar-refractivity contribution in [2.45, 2.75) is 25.6 Å². The first-order chi connectivity index (χ1) is 12.9. The second-order valence-corrected chi connectivity index (χ2v) is 6.88. The molecular formula is C18H24F3N5S. The van der Waals surface area contributed by atoms with Crippen LogP contribution in [0, 0.1) is 0 Å². The summed E-state index contributed by atoms with van der Waals surface area (Å²) in [6.07, 6.45) is -2.44. The van der Waals surface area contributed by atoms with E-state index >= 15 is 0 Å². The van der Waals surface area contributed by atoms with Gasteiger partial charge in [-0.1, -0.05) is 18.2 Å². The summed E-state index contributed by atoms with van der Waals surface area (Å²) in [6.45, 7) is 1.88. The molecule has 0 unspecified atom stereocenters. The van der Waals surface area contributed by atoms with Gasteiger partial charge in [-0.15, -0.1) is 11.3 Å². The Bertz CT molecular complexity index is 715. The molecule has 0 saturated heterocycles. The zero-order valence-electron chi connectivity index (χ0n) is 15.4. The fourth-order valence-corrected chi connectivity index (χ4v) is 3.14. The van der Waals surface area contributed by atoms with Gasteiger partial charge in [0.1, 0.15) is 5.01 Å². The van der Waals surface area contributed by atoms with Crippen LogP contribution in [-0.2, 0) is 12.7 Å². The van der Waals surface area contributed by atoms with E-state index in [1.54, 1.807) is 7.05 Å². The molecule has 0 aliphatic rings. The van der Waals surface area contributed by atoms with Gasteiger partial charge in [0.15, 0.2) is 11.7 Å². The molecule has 1 heterocycles. The lowest BCUT2D eigenvalue weighted by molar-refractivity contribution is -0.140. The number of anilines is 1. The Balaban J connectivity index is 1.65. The van der Waals surface area contributed by atoms with E-state index in [0.717, 1.165) is 42.6 Å². The predicted molar refractivity (Wildman–Crippen MR) is 104 cm³/mol. The van der Waals surface area contributed by atoms with E-state index in [1.165, 1.54) is 5.69 Å². The van der Waals surface area contributed by atoms with E-state index in [0.29, 0.717) is 11.0 Å². The Kier molecular flexibility index (Phi) is 7.90. The highest BCUT2D eigenvalue weighted by atomic mass is 32.1. The minimum atomic E-state index is -4.40. The van der Waals surface area contributed by atoms with Crippen LogP contribution in [0.15, 0.2) is 40.7 Å². The first-order valence-corrected chi connectivity index (χ1v) is 9.50. The van der Waals surface area contributed by atoms with Gasteiger partial charge in [0.25, 0.3) is 0 Å². The molecule has 0 aliphatic heterocycles. The number of benzene rings is 1. The van der Waals surface area contributed by atoms with E-state index in [-0.39, 0.29) is 6.54 Å². The van der Waals surface area contributed by atoms with Gasteiger partial charge < -0.3 is 15.5 Å². The van der Waals surface area contributed by atoms with Gasteiger partial charge in [0.2, 0.25) is 0 Å². The summed E-state index contributed by atoms with van der Waals surface area (Å²) in [5, 5.41) is 7.54. The number of aromatic nitrogens is 1. The Labute approximate surface area is 161 Å². The molecule has 0 saturated carbocycles. The monoisotopic (exact) mass is 399 g/mol. The molecule has 2 rings (SSSR count). The Hall–Kier alpha value is -2.29. The van der Waals surface area contributed by atoms with Gasteiger partial charge in [0.05, 0.1) is 6.54 Å². The topological polar surface area (TPSA) is 52.6 Å². The molecule has 2 N–H and O–H groups in total. The van der Waals surface area contributed by atoms with Crippen molar-refractivity contribution in [3.05, 3.63) is 46.4 Å². The van der Waals surface area contributed by atoms with Gasteiger partial charge in [-0.3, -0.25) is 4.99 Å². The minimum absolute atomic E-state index is 0.206. The molecule has 1 aromatic carbocycles. The summed E-state index contributed by atoms with van der Waals surface area (Å²) < 4.78 is 37.7. The number of nitrogens with zero attached hydrogens (tertiary/aromatic N) is 3. The fraction of sp³-hybridized carbons (Fsp3) is 0.444. The fourth-order valence-electron chi connectivity index (χ4n) is 2.39. The summed E-state index contributed by atoms with van der Waals surface area (Å²) in [6, 6.07) is 10.2. The predicted octanol–water partition coefficient (Wildman–Crippen LogP) is 3.74. The number of hydrogen-bond donors (Lipinski definition) is 2. The van der Waals surface area contributed by atoms with Crippen LogP contribution in [-0.4, -0.2) is 38.1 Å². The van der Waals surface area contributed by atoms with Gasteiger partial charge in [-0.05, 0) is 25.0 Å². The van der Waals surface area contributed by atoms with Crippen molar-refractivity contribution in [1.29, 1.82) is 0 Å². The van der Waals surface area contributed by atoms with Gasteiger partial charge in [-0.2, -0.15) is 13.2 Å². The zero-order chi connectivity index (χ0) is 19.7. The average molecular weight is 399 g/mol. The molecule has 9 heteroatoms. The van der Waals surface area contributed by atoms with Crippen molar-refractivity contribution in [1.82, 2.24) is 15.6 Å². The first kappa shape index (κ1) is 21.0. The van der Waals surface area contributed by atoms with Gasteiger partial charge in [0, 0.05) is 38.3 Å². The van der Waals surface area contributed by atoms with Crippen molar-refractivity contribution in [3.8, 4) is 0 Å². The zero-order valence-corrected chi connectivity index (χ0v) is 16.2. The van der Waals surface area contributed by atoms with Crippen LogP contribution in [0.5, 0.6) is 0 Å². The smallest absolute Gasteiger partial charge is 0.375 e. The van der Waals surface area contributed by atoms with Crippen LogP contribution < -0.4 is 15.5 Å². The Morgan fingerprint density at radius 2 is 1.93 bits per heavy atom. The number of para-hydroxylation sites is 1. The summed E-state index contributed by atoms with van der Waals surface area (Å²) in [7, 11) is 3.69. The number of hydrogen-bond acceptors (Lipinski definition) is 4. The second-order valence-electron chi connectivity index (χ2n) is 5.94. The molecule has 0 atom stereocenters. The third-order valence-corrected chi connectivity index (χ3v) is 4.73. The Morgan fingerprint density at radius 1 is 1.19 bits per heavy atom. The maximum atomic E-state index is 12.6. The summed E-state index contributed by atoms with van der Waals surface area (Å²) >= 11 is 0.980. The molecule has 2 aromatic rings. The highest BCUT2D eigenvalue weighted by molar-refractivity contribution is 7.09. The lowest BCUT2D eigenvalue weighted by Gasteiger charge is -2.19. The number of thiazole rings is 1. The van der Waals surface area contributed by atoms with Crippen LogP contribution >= 0.6 is 11.3 Å². The van der Waals surface area contributed by atoms with E-state index < -0.39 is 11.9 Å². The van der Waals surface area contributed by atoms with Crippen LogP contribution in [0.4, 0.5) is 18.9 Å². The van der Waals surface area contributed by atoms with E-state index in [1.807, 2.05) is 18.2 Å². The largest absolute Gasteiger partial charge is 0.434 e. The lowest BCUT2D eigenvalue weighted by atomic mass is 10.2. The summed E-state index contributed by atoms with van der Waals surface area (Å²) in [5.74, 6) is 0.551. The normalized spacial score (nSPS) is 12.1. The van der Waals surface area contributed by atoms with Crippen LogP contribution in [0.25, 0.3) is 0 Å². The number of halogens is 3. The number of unbranched alkanes of at least 4 members (excludes halogenated alkanes) is 1. The van der Waals surface area contributed by atoms with Crippen molar-refractivity contribution < 1.29 is 13.2 Å². The molecule has 0 radical (unpaired) electrons. The van der Waals surface area contributed by atoms with Crippen molar-refractivity contribution in [3.63, 3.8) is 0 Å². The molecule has 0 bridgehead atoms. The Morgan fingerprint density at radius 3 is 2.56 bits per heavy atom. The maximum absolute atomic E-state index is 12.6. The van der Waals surface area contributed by atoms with E-state index in [2.05, 4.69) is 44.7 Å². The van der Waals surface area contributed by atoms with Crippen molar-refractivity contribution in [2.24, 2.45) is 4.99 Å². The molecule has 5 nitrogen and oxygen atoms in total. The van der Waals surface area contributed by atoms with E-state index in [4.69, 9.17) is 0 Å². The first-order valence-electron chi connectivity index (χ1n) is 8.62. The molecule has 148 valence electrons. The standard InChI is InChI=1S/C18H24F3N5S/c1-22-17(24-12-16-25-15(13-27-16)18(19,20)21)23-10-6-7-11-26(2)14-8-4-3-5-9-14/h3-5,8-9,13H,6-7,10-12H2,1-2H3,(H2,22,23,24). The van der Waals surface area contributed by atoms with Crippen molar-refractivity contribution in [2.75, 3.05) is 32.1 Å².